The minimum Gasteiger partial charge on any atom is -0.355 e. The van der Waals surface area contributed by atoms with Crippen molar-refractivity contribution >= 4 is 27.3 Å². The average molecular weight is 273 g/mol. The number of nitrogens with zero attached hydrogens (tertiary/aromatic N) is 1. The van der Waals surface area contributed by atoms with E-state index in [0.29, 0.717) is 6.54 Å². The predicted octanol–water partition coefficient (Wildman–Crippen LogP) is 2.67. The third kappa shape index (κ3) is 1.89. The summed E-state index contributed by atoms with van der Waals surface area (Å²) in [7, 11) is 0. The molecule has 2 aromatic rings. The molecule has 0 spiro atoms. The molecular formula is C9H9BrN2OS. The molecule has 74 valence electrons. The lowest BCUT2D eigenvalue weighted by Gasteiger charge is -1.94. The molecule has 0 aliphatic heterocycles. The smallest absolute Gasteiger partial charge is 0.180 e. The van der Waals surface area contributed by atoms with E-state index in [2.05, 4.69) is 21.1 Å². The third-order valence-corrected chi connectivity index (χ3v) is 3.54. The summed E-state index contributed by atoms with van der Waals surface area (Å²) in [5, 5.41) is 5.81. The van der Waals surface area contributed by atoms with E-state index in [0.717, 1.165) is 27.1 Å². The van der Waals surface area contributed by atoms with Gasteiger partial charge in [0.1, 0.15) is 0 Å². The maximum Gasteiger partial charge on any atom is 0.180 e. The van der Waals surface area contributed by atoms with Gasteiger partial charge in [-0.15, -0.1) is 11.3 Å². The van der Waals surface area contributed by atoms with E-state index in [1.54, 1.807) is 17.5 Å². The van der Waals surface area contributed by atoms with Crippen LogP contribution in [0.1, 0.15) is 5.56 Å². The van der Waals surface area contributed by atoms with Gasteiger partial charge in [0.2, 0.25) is 0 Å². The lowest BCUT2D eigenvalue weighted by Crippen LogP contribution is -2.02. The normalized spacial score (nSPS) is 10.7. The van der Waals surface area contributed by atoms with Crippen LogP contribution in [0.2, 0.25) is 0 Å². The van der Waals surface area contributed by atoms with Crippen molar-refractivity contribution in [3.8, 4) is 10.6 Å². The summed E-state index contributed by atoms with van der Waals surface area (Å²) in [6, 6.07) is 2.02. The van der Waals surface area contributed by atoms with Crippen LogP contribution < -0.4 is 5.73 Å². The van der Waals surface area contributed by atoms with Crippen LogP contribution in [0.3, 0.4) is 0 Å². The molecule has 0 aliphatic carbocycles. The molecule has 3 nitrogen and oxygen atoms in total. The Hall–Kier alpha value is -0.650. The van der Waals surface area contributed by atoms with Gasteiger partial charge in [0.05, 0.1) is 11.1 Å². The highest BCUT2D eigenvalue weighted by Gasteiger charge is 2.11. The topological polar surface area (TPSA) is 52.0 Å². The van der Waals surface area contributed by atoms with Crippen molar-refractivity contribution in [1.82, 2.24) is 5.16 Å². The highest BCUT2D eigenvalue weighted by molar-refractivity contribution is 9.10. The molecule has 0 saturated heterocycles. The van der Waals surface area contributed by atoms with Crippen LogP contribution in [0.15, 0.2) is 26.6 Å². The van der Waals surface area contributed by atoms with E-state index in [-0.39, 0.29) is 0 Å². The van der Waals surface area contributed by atoms with Crippen molar-refractivity contribution < 1.29 is 4.52 Å². The van der Waals surface area contributed by atoms with E-state index >= 15 is 0 Å². The van der Waals surface area contributed by atoms with Gasteiger partial charge in [-0.1, -0.05) is 5.16 Å². The van der Waals surface area contributed by atoms with Gasteiger partial charge in [-0.2, -0.15) is 0 Å². The Kier molecular flexibility index (Phi) is 3.00. The van der Waals surface area contributed by atoms with Crippen LogP contribution in [0.25, 0.3) is 10.6 Å². The molecule has 0 radical (unpaired) electrons. The minimum atomic E-state index is 0.612. The molecule has 0 aromatic carbocycles. The number of aromatic nitrogens is 1. The molecule has 0 bridgehead atoms. The number of hydrogen-bond donors (Lipinski definition) is 1. The van der Waals surface area contributed by atoms with Crippen LogP contribution in [0, 0.1) is 0 Å². The summed E-state index contributed by atoms with van der Waals surface area (Å²) in [6.07, 6.45) is 2.53. The van der Waals surface area contributed by atoms with Crippen LogP contribution in [-0.4, -0.2) is 11.7 Å². The van der Waals surface area contributed by atoms with Crippen LogP contribution in [0.5, 0.6) is 0 Å². The van der Waals surface area contributed by atoms with Crippen LogP contribution in [0.4, 0.5) is 0 Å². The number of nitrogens with two attached hydrogens (primary N) is 1. The average Bonchev–Trinajstić information content (AvgIpc) is 2.74. The quantitative estimate of drug-likeness (QED) is 0.935. The lowest BCUT2D eigenvalue weighted by atomic mass is 10.2. The summed E-state index contributed by atoms with van der Waals surface area (Å²) in [4.78, 5) is 1.08. The van der Waals surface area contributed by atoms with Gasteiger partial charge < -0.3 is 10.3 Å². The van der Waals surface area contributed by atoms with Gasteiger partial charge in [-0.05, 0) is 35.0 Å². The summed E-state index contributed by atoms with van der Waals surface area (Å²) in [5.74, 6) is 0.839. The van der Waals surface area contributed by atoms with E-state index in [4.69, 9.17) is 10.3 Å². The van der Waals surface area contributed by atoms with Crippen molar-refractivity contribution in [2.75, 3.05) is 6.54 Å². The highest BCUT2D eigenvalue weighted by Crippen LogP contribution is 2.32. The Morgan fingerprint density at radius 1 is 1.57 bits per heavy atom. The van der Waals surface area contributed by atoms with Gasteiger partial charge in [0.25, 0.3) is 0 Å². The molecule has 0 amide bonds. The second kappa shape index (κ2) is 4.25. The van der Waals surface area contributed by atoms with Crippen molar-refractivity contribution in [3.05, 3.63) is 27.7 Å². The first-order valence-electron chi connectivity index (χ1n) is 4.19. The molecular weight excluding hydrogens is 264 g/mol. The lowest BCUT2D eigenvalue weighted by molar-refractivity contribution is 0.432. The fourth-order valence-electron chi connectivity index (χ4n) is 1.23. The van der Waals surface area contributed by atoms with E-state index in [1.165, 1.54) is 0 Å². The van der Waals surface area contributed by atoms with E-state index in [9.17, 15) is 0 Å². The standard InChI is InChI=1S/C9H9BrN2OS/c10-7-3-8(14-5-7)9-6(1-2-11)4-12-13-9/h3-5H,1-2,11H2. The predicted molar refractivity (Wildman–Crippen MR) is 60.3 cm³/mol. The van der Waals surface area contributed by atoms with Crippen LogP contribution in [-0.2, 0) is 6.42 Å². The molecule has 2 heterocycles. The number of thiophene rings is 1. The van der Waals surface area contributed by atoms with Gasteiger partial charge in [0, 0.05) is 15.4 Å². The van der Waals surface area contributed by atoms with Gasteiger partial charge in [-0.25, -0.2) is 0 Å². The van der Waals surface area contributed by atoms with E-state index < -0.39 is 0 Å². The molecule has 0 aliphatic rings. The van der Waals surface area contributed by atoms with Gasteiger partial charge >= 0.3 is 0 Å². The zero-order valence-electron chi connectivity index (χ0n) is 7.37. The molecule has 0 saturated carbocycles. The molecule has 0 fully saturated rings. The summed E-state index contributed by atoms with van der Waals surface area (Å²) in [5.41, 5.74) is 6.57. The number of halogens is 1. The number of hydrogen-bond acceptors (Lipinski definition) is 4. The summed E-state index contributed by atoms with van der Waals surface area (Å²) in [6.45, 7) is 0.612. The first kappa shape index (κ1) is 9.89. The van der Waals surface area contributed by atoms with Crippen molar-refractivity contribution in [2.45, 2.75) is 6.42 Å². The Bertz CT molecular complexity index is 424. The summed E-state index contributed by atoms with van der Waals surface area (Å²) >= 11 is 5.03. The first-order valence-corrected chi connectivity index (χ1v) is 5.86. The Balaban J connectivity index is 2.36. The third-order valence-electron chi connectivity index (χ3n) is 1.85. The van der Waals surface area contributed by atoms with Gasteiger partial charge in [0.15, 0.2) is 5.76 Å². The maximum absolute atomic E-state index is 5.50. The Morgan fingerprint density at radius 3 is 3.07 bits per heavy atom. The maximum atomic E-state index is 5.50. The Labute approximate surface area is 94.0 Å². The molecule has 5 heteroatoms. The fourth-order valence-corrected chi connectivity index (χ4v) is 2.67. The fraction of sp³-hybridized carbons (Fsp3) is 0.222. The molecule has 0 unspecified atom stereocenters. The number of rotatable bonds is 3. The first-order chi connectivity index (χ1) is 6.81. The van der Waals surface area contributed by atoms with Gasteiger partial charge in [-0.3, -0.25) is 0 Å². The molecule has 2 rings (SSSR count). The monoisotopic (exact) mass is 272 g/mol. The van der Waals surface area contributed by atoms with Crippen molar-refractivity contribution in [3.63, 3.8) is 0 Å². The highest BCUT2D eigenvalue weighted by atomic mass is 79.9. The SMILES string of the molecule is NCCc1cnoc1-c1cc(Br)cs1. The second-order valence-electron chi connectivity index (χ2n) is 2.85. The largest absolute Gasteiger partial charge is 0.355 e. The molecule has 14 heavy (non-hydrogen) atoms. The molecule has 0 atom stereocenters. The van der Waals surface area contributed by atoms with Crippen molar-refractivity contribution in [1.29, 1.82) is 0 Å². The molecule has 2 N–H and O–H groups in total. The molecule has 2 aromatic heterocycles. The van der Waals surface area contributed by atoms with Crippen LogP contribution >= 0.6 is 27.3 Å². The van der Waals surface area contributed by atoms with E-state index in [1.807, 2.05) is 11.4 Å². The Morgan fingerprint density at radius 2 is 2.43 bits per heavy atom. The zero-order chi connectivity index (χ0) is 9.97. The summed E-state index contributed by atoms with van der Waals surface area (Å²) < 4.78 is 6.26. The second-order valence-corrected chi connectivity index (χ2v) is 4.67. The minimum absolute atomic E-state index is 0.612. The van der Waals surface area contributed by atoms with Crippen molar-refractivity contribution in [2.24, 2.45) is 5.73 Å². The zero-order valence-corrected chi connectivity index (χ0v) is 9.77.